The normalized spacial score (nSPS) is 11.9. The van der Waals surface area contributed by atoms with Crippen molar-refractivity contribution < 1.29 is 14.7 Å². The van der Waals surface area contributed by atoms with Crippen molar-refractivity contribution in [2.75, 3.05) is 6.54 Å². The lowest BCUT2D eigenvalue weighted by Crippen LogP contribution is -2.25. The number of carbonyl (C=O) groups excluding carboxylic acids is 1. The first-order valence-corrected chi connectivity index (χ1v) is 6.42. The fraction of sp³-hybridized carbons (Fsp3) is 0.462. The smallest absolute Gasteiger partial charge is 0.306 e. The molecule has 2 N–H and O–H groups in total. The maximum absolute atomic E-state index is 11.8. The van der Waals surface area contributed by atoms with Gasteiger partial charge in [-0.3, -0.25) is 14.6 Å². The monoisotopic (exact) mass is 284 g/mol. The van der Waals surface area contributed by atoms with Gasteiger partial charge in [0.25, 0.3) is 5.91 Å². The predicted octanol–water partition coefficient (Wildman–Crippen LogP) is 2.27. The second-order valence-corrected chi connectivity index (χ2v) is 4.85. The number of aryl methyl sites for hydroxylation is 1. The Labute approximate surface area is 117 Å². The summed E-state index contributed by atoms with van der Waals surface area (Å²) in [5.74, 6) is -1.51. The molecule has 0 aliphatic rings. The summed E-state index contributed by atoms with van der Waals surface area (Å²) < 4.78 is 0. The molecule has 6 heteroatoms. The van der Waals surface area contributed by atoms with E-state index in [0.717, 1.165) is 5.69 Å². The number of carboxylic acid groups (broad SMARTS) is 1. The highest BCUT2D eigenvalue weighted by atomic mass is 35.5. The Hall–Kier alpha value is -1.62. The second-order valence-electron chi connectivity index (χ2n) is 4.44. The number of nitrogens with one attached hydrogen (secondary N) is 1. The van der Waals surface area contributed by atoms with E-state index in [1.807, 2.05) is 0 Å². The molecular formula is C13H17ClN2O3. The highest BCUT2D eigenvalue weighted by Crippen LogP contribution is 2.15. The van der Waals surface area contributed by atoms with Gasteiger partial charge in [-0.2, -0.15) is 0 Å². The third-order valence-corrected chi connectivity index (χ3v) is 3.07. The number of hydrogen-bond donors (Lipinski definition) is 2. The van der Waals surface area contributed by atoms with E-state index in [0.29, 0.717) is 30.0 Å². The van der Waals surface area contributed by atoms with Gasteiger partial charge >= 0.3 is 5.97 Å². The molecule has 1 aromatic rings. The van der Waals surface area contributed by atoms with Gasteiger partial charge in [0.05, 0.1) is 16.5 Å². The van der Waals surface area contributed by atoms with E-state index in [-0.39, 0.29) is 5.91 Å². The molecule has 0 aliphatic carbocycles. The van der Waals surface area contributed by atoms with E-state index in [2.05, 4.69) is 10.3 Å². The summed E-state index contributed by atoms with van der Waals surface area (Å²) in [6, 6.07) is 1.63. The first-order valence-electron chi connectivity index (χ1n) is 6.05. The summed E-state index contributed by atoms with van der Waals surface area (Å²) in [5, 5.41) is 11.8. The number of aliphatic carboxylic acids is 1. The second kappa shape index (κ2) is 7.09. The number of hydrogen-bond acceptors (Lipinski definition) is 3. The Bertz CT molecular complexity index is 477. The molecule has 0 bridgehead atoms. The van der Waals surface area contributed by atoms with Crippen LogP contribution in [0.5, 0.6) is 0 Å². The number of carboxylic acids is 1. The average molecular weight is 285 g/mol. The zero-order valence-corrected chi connectivity index (χ0v) is 11.7. The minimum Gasteiger partial charge on any atom is -0.481 e. The SMILES string of the molecule is Cc1cc(Cl)c(C(=O)NCCCC(C)C(=O)O)cn1. The maximum atomic E-state index is 11.8. The molecule has 0 radical (unpaired) electrons. The number of halogens is 1. The molecule has 5 nitrogen and oxygen atoms in total. The number of amides is 1. The van der Waals surface area contributed by atoms with Crippen molar-refractivity contribution in [3.63, 3.8) is 0 Å². The van der Waals surface area contributed by atoms with Crippen LogP contribution in [0.3, 0.4) is 0 Å². The Kier molecular flexibility index (Phi) is 5.76. The highest BCUT2D eigenvalue weighted by molar-refractivity contribution is 6.33. The van der Waals surface area contributed by atoms with Crippen LogP contribution in [-0.2, 0) is 4.79 Å². The molecule has 104 valence electrons. The molecule has 1 aromatic heterocycles. The van der Waals surface area contributed by atoms with Crippen LogP contribution in [0.2, 0.25) is 5.02 Å². The highest BCUT2D eigenvalue weighted by Gasteiger charge is 2.12. The van der Waals surface area contributed by atoms with Crippen LogP contribution < -0.4 is 5.32 Å². The van der Waals surface area contributed by atoms with Crippen molar-refractivity contribution in [1.82, 2.24) is 10.3 Å². The van der Waals surface area contributed by atoms with Crippen molar-refractivity contribution in [2.45, 2.75) is 26.7 Å². The van der Waals surface area contributed by atoms with E-state index in [9.17, 15) is 9.59 Å². The molecule has 0 saturated carbocycles. The van der Waals surface area contributed by atoms with Gasteiger partial charge < -0.3 is 10.4 Å². The van der Waals surface area contributed by atoms with Crippen LogP contribution in [-0.4, -0.2) is 28.5 Å². The molecule has 1 heterocycles. The van der Waals surface area contributed by atoms with Gasteiger partial charge in [-0.1, -0.05) is 18.5 Å². The maximum Gasteiger partial charge on any atom is 0.306 e. The quantitative estimate of drug-likeness (QED) is 0.786. The van der Waals surface area contributed by atoms with Crippen molar-refractivity contribution in [2.24, 2.45) is 5.92 Å². The molecule has 0 fully saturated rings. The molecule has 1 amide bonds. The van der Waals surface area contributed by atoms with Gasteiger partial charge in [-0.05, 0) is 25.8 Å². The molecule has 1 rings (SSSR count). The van der Waals surface area contributed by atoms with Crippen LogP contribution in [0.15, 0.2) is 12.3 Å². The standard InChI is InChI=1S/C13H17ClN2O3/c1-8(13(18)19)4-3-5-15-12(17)10-7-16-9(2)6-11(10)14/h6-8H,3-5H2,1-2H3,(H,15,17)(H,18,19). The first kappa shape index (κ1) is 15.4. The number of rotatable bonds is 6. The molecule has 19 heavy (non-hydrogen) atoms. The lowest BCUT2D eigenvalue weighted by atomic mass is 10.1. The van der Waals surface area contributed by atoms with Crippen molar-refractivity contribution in [3.8, 4) is 0 Å². The molecule has 1 unspecified atom stereocenters. The molecule has 0 aromatic carbocycles. The number of pyridine rings is 1. The minimum atomic E-state index is -0.822. The van der Waals surface area contributed by atoms with Gasteiger partial charge in [0, 0.05) is 18.4 Å². The van der Waals surface area contributed by atoms with Crippen LogP contribution in [0.25, 0.3) is 0 Å². The van der Waals surface area contributed by atoms with Gasteiger partial charge in [-0.25, -0.2) is 0 Å². The summed E-state index contributed by atoms with van der Waals surface area (Å²) in [4.78, 5) is 26.4. The third-order valence-electron chi connectivity index (χ3n) is 2.76. The summed E-state index contributed by atoms with van der Waals surface area (Å²) in [5.41, 5.74) is 1.08. The zero-order chi connectivity index (χ0) is 14.4. The van der Waals surface area contributed by atoms with E-state index < -0.39 is 11.9 Å². The first-order chi connectivity index (χ1) is 8.91. The Morgan fingerprint density at radius 2 is 2.21 bits per heavy atom. The van der Waals surface area contributed by atoms with E-state index in [1.54, 1.807) is 19.9 Å². The summed E-state index contributed by atoms with van der Waals surface area (Å²) >= 11 is 5.95. The molecule has 0 spiro atoms. The Morgan fingerprint density at radius 3 is 2.79 bits per heavy atom. The molecule has 1 atom stereocenters. The summed E-state index contributed by atoms with van der Waals surface area (Å²) in [7, 11) is 0. The molecule has 0 saturated heterocycles. The average Bonchev–Trinajstić information content (AvgIpc) is 2.33. The van der Waals surface area contributed by atoms with Gasteiger partial charge in [0.15, 0.2) is 0 Å². The van der Waals surface area contributed by atoms with E-state index >= 15 is 0 Å². The molecule has 0 aliphatic heterocycles. The number of aromatic nitrogens is 1. The molecular weight excluding hydrogens is 268 g/mol. The number of carbonyl (C=O) groups is 2. The fourth-order valence-corrected chi connectivity index (χ4v) is 1.81. The predicted molar refractivity (Wildman–Crippen MR) is 72.4 cm³/mol. The van der Waals surface area contributed by atoms with Gasteiger partial charge in [-0.15, -0.1) is 0 Å². The van der Waals surface area contributed by atoms with Crippen LogP contribution in [0.1, 0.15) is 35.8 Å². The van der Waals surface area contributed by atoms with Crippen molar-refractivity contribution in [3.05, 3.63) is 28.5 Å². The lowest BCUT2D eigenvalue weighted by molar-refractivity contribution is -0.141. The van der Waals surface area contributed by atoms with Gasteiger partial charge in [0.1, 0.15) is 0 Å². The summed E-state index contributed by atoms with van der Waals surface area (Å²) in [6.07, 6.45) is 2.57. The minimum absolute atomic E-state index is 0.291. The topological polar surface area (TPSA) is 79.3 Å². The lowest BCUT2D eigenvalue weighted by Gasteiger charge is -2.08. The zero-order valence-electron chi connectivity index (χ0n) is 10.9. The van der Waals surface area contributed by atoms with Crippen LogP contribution in [0.4, 0.5) is 0 Å². The van der Waals surface area contributed by atoms with Crippen molar-refractivity contribution in [1.29, 1.82) is 0 Å². The van der Waals surface area contributed by atoms with Crippen molar-refractivity contribution >= 4 is 23.5 Å². The third kappa shape index (κ3) is 4.87. The Balaban J connectivity index is 2.41. The van der Waals surface area contributed by atoms with Gasteiger partial charge in [0.2, 0.25) is 0 Å². The Morgan fingerprint density at radius 1 is 1.53 bits per heavy atom. The van der Waals surface area contributed by atoms with Crippen LogP contribution in [0, 0.1) is 12.8 Å². The largest absolute Gasteiger partial charge is 0.481 e. The van der Waals surface area contributed by atoms with Crippen LogP contribution >= 0.6 is 11.6 Å². The van der Waals surface area contributed by atoms with E-state index in [4.69, 9.17) is 16.7 Å². The number of nitrogens with zero attached hydrogens (tertiary/aromatic N) is 1. The fourth-order valence-electron chi connectivity index (χ4n) is 1.52. The van der Waals surface area contributed by atoms with E-state index in [1.165, 1.54) is 6.20 Å². The summed E-state index contributed by atoms with van der Waals surface area (Å²) in [6.45, 7) is 3.85.